The van der Waals surface area contributed by atoms with E-state index in [2.05, 4.69) is 19.3 Å². The molecule has 1 rings (SSSR count). The van der Waals surface area contributed by atoms with Crippen LogP contribution in [-0.4, -0.2) is 6.04 Å². The van der Waals surface area contributed by atoms with Crippen molar-refractivity contribution in [1.82, 2.24) is 5.43 Å². The van der Waals surface area contributed by atoms with Crippen LogP contribution in [0.1, 0.15) is 71.6 Å². The molecule has 1 aliphatic rings. The summed E-state index contributed by atoms with van der Waals surface area (Å²) in [5.74, 6) is 5.70. The predicted octanol–water partition coefficient (Wildman–Crippen LogP) is 3.37. The lowest BCUT2D eigenvalue weighted by Crippen LogP contribution is -2.45. The number of hydrogen-bond acceptors (Lipinski definition) is 2. The fraction of sp³-hybridized carbons (Fsp3) is 1.00. The third-order valence-corrected chi connectivity index (χ3v) is 4.13. The van der Waals surface area contributed by atoms with Gasteiger partial charge in [-0.2, -0.15) is 0 Å². The maximum absolute atomic E-state index is 5.70. The molecule has 0 spiro atoms. The zero-order valence-electron chi connectivity index (χ0n) is 10.5. The summed E-state index contributed by atoms with van der Waals surface area (Å²) < 4.78 is 0. The van der Waals surface area contributed by atoms with Crippen LogP contribution in [0.2, 0.25) is 0 Å². The Morgan fingerprint density at radius 3 is 2.40 bits per heavy atom. The summed E-state index contributed by atoms with van der Waals surface area (Å²) >= 11 is 0. The quantitative estimate of drug-likeness (QED) is 0.386. The zero-order valence-corrected chi connectivity index (χ0v) is 10.5. The van der Waals surface area contributed by atoms with Crippen molar-refractivity contribution in [3.8, 4) is 0 Å². The number of hydrogen-bond donors (Lipinski definition) is 2. The Balaban J connectivity index is 2.28. The molecule has 0 aromatic rings. The summed E-state index contributed by atoms with van der Waals surface area (Å²) in [6.45, 7) is 4.67. The molecule has 0 radical (unpaired) electrons. The van der Waals surface area contributed by atoms with Crippen molar-refractivity contribution in [1.29, 1.82) is 0 Å². The van der Waals surface area contributed by atoms with E-state index in [1.807, 2.05) is 0 Å². The van der Waals surface area contributed by atoms with Gasteiger partial charge in [0.15, 0.2) is 0 Å². The Kier molecular flexibility index (Phi) is 5.62. The first-order valence-corrected chi connectivity index (χ1v) is 6.69. The zero-order chi connectivity index (χ0) is 11.1. The monoisotopic (exact) mass is 212 g/mol. The molecule has 3 N–H and O–H groups in total. The van der Waals surface area contributed by atoms with Crippen LogP contribution in [0.5, 0.6) is 0 Å². The molecule has 1 aliphatic carbocycles. The van der Waals surface area contributed by atoms with Gasteiger partial charge in [0.2, 0.25) is 0 Å². The number of hydrazine groups is 1. The molecule has 0 amide bonds. The molecule has 0 aromatic heterocycles. The molecule has 90 valence electrons. The summed E-state index contributed by atoms with van der Waals surface area (Å²) in [6.07, 6.45) is 12.1. The lowest BCUT2D eigenvalue weighted by molar-refractivity contribution is 0.207. The Morgan fingerprint density at radius 2 is 1.87 bits per heavy atom. The van der Waals surface area contributed by atoms with Gasteiger partial charge in [0.25, 0.3) is 0 Å². The van der Waals surface area contributed by atoms with Crippen LogP contribution in [-0.2, 0) is 0 Å². The molecule has 0 aliphatic heterocycles. The summed E-state index contributed by atoms with van der Waals surface area (Å²) in [6, 6.07) is 0.539. The van der Waals surface area contributed by atoms with Gasteiger partial charge in [0, 0.05) is 6.04 Å². The van der Waals surface area contributed by atoms with Crippen LogP contribution in [0.3, 0.4) is 0 Å². The van der Waals surface area contributed by atoms with Crippen LogP contribution < -0.4 is 11.3 Å². The first-order valence-electron chi connectivity index (χ1n) is 6.69. The molecule has 2 heteroatoms. The summed E-state index contributed by atoms with van der Waals surface area (Å²) in [5.41, 5.74) is 3.53. The van der Waals surface area contributed by atoms with Crippen LogP contribution in [0.25, 0.3) is 0 Å². The van der Waals surface area contributed by atoms with E-state index in [1.165, 1.54) is 57.8 Å². The molecular formula is C13H28N2. The average molecular weight is 212 g/mol. The Morgan fingerprint density at radius 1 is 1.20 bits per heavy atom. The van der Waals surface area contributed by atoms with Gasteiger partial charge in [0.05, 0.1) is 0 Å². The van der Waals surface area contributed by atoms with Gasteiger partial charge >= 0.3 is 0 Å². The number of unbranched alkanes of at least 4 members (excludes halogenated alkanes) is 3. The minimum atomic E-state index is 0.473. The van der Waals surface area contributed by atoms with Crippen LogP contribution in [0.4, 0.5) is 0 Å². The second-order valence-electron chi connectivity index (χ2n) is 5.43. The van der Waals surface area contributed by atoms with E-state index >= 15 is 0 Å². The summed E-state index contributed by atoms with van der Waals surface area (Å²) in [5, 5.41) is 0. The summed E-state index contributed by atoms with van der Waals surface area (Å²) in [7, 11) is 0. The fourth-order valence-corrected chi connectivity index (χ4v) is 2.94. The predicted molar refractivity (Wildman–Crippen MR) is 66.4 cm³/mol. The normalized spacial score (nSPS) is 21.8. The highest BCUT2D eigenvalue weighted by atomic mass is 15.2. The second kappa shape index (κ2) is 6.49. The fourth-order valence-electron chi connectivity index (χ4n) is 2.94. The van der Waals surface area contributed by atoms with Gasteiger partial charge in [-0.1, -0.05) is 52.4 Å². The Hall–Kier alpha value is -0.0800. The Bertz CT molecular complexity index is 162. The highest BCUT2D eigenvalue weighted by molar-refractivity contribution is 4.90. The van der Waals surface area contributed by atoms with E-state index in [0.29, 0.717) is 11.5 Å². The largest absolute Gasteiger partial charge is 0.271 e. The minimum absolute atomic E-state index is 0.473. The van der Waals surface area contributed by atoms with Crippen LogP contribution in [0.15, 0.2) is 0 Å². The standard InChI is InChI=1S/C13H28N2/c1-3-4-5-6-9-12(15-14)13(2)10-7-8-11-13/h12,15H,3-11,14H2,1-2H3. The van der Waals surface area contributed by atoms with Gasteiger partial charge in [0.1, 0.15) is 0 Å². The van der Waals surface area contributed by atoms with E-state index in [-0.39, 0.29) is 0 Å². The van der Waals surface area contributed by atoms with Gasteiger partial charge in [-0.3, -0.25) is 11.3 Å². The molecular weight excluding hydrogens is 184 g/mol. The molecule has 0 bridgehead atoms. The lowest BCUT2D eigenvalue weighted by Gasteiger charge is -2.33. The number of nitrogens with one attached hydrogen (secondary N) is 1. The lowest BCUT2D eigenvalue weighted by atomic mass is 9.78. The maximum Gasteiger partial charge on any atom is 0.0264 e. The van der Waals surface area contributed by atoms with E-state index in [0.717, 1.165) is 0 Å². The molecule has 0 aromatic carbocycles. The van der Waals surface area contributed by atoms with Crippen LogP contribution >= 0.6 is 0 Å². The minimum Gasteiger partial charge on any atom is -0.271 e. The number of rotatable bonds is 7. The van der Waals surface area contributed by atoms with Crippen molar-refractivity contribution < 1.29 is 0 Å². The van der Waals surface area contributed by atoms with E-state index in [4.69, 9.17) is 5.84 Å². The first-order chi connectivity index (χ1) is 7.23. The van der Waals surface area contributed by atoms with Gasteiger partial charge in [-0.25, -0.2) is 0 Å². The second-order valence-corrected chi connectivity index (χ2v) is 5.43. The van der Waals surface area contributed by atoms with Crippen molar-refractivity contribution in [3.05, 3.63) is 0 Å². The molecule has 1 saturated carbocycles. The van der Waals surface area contributed by atoms with Crippen molar-refractivity contribution >= 4 is 0 Å². The van der Waals surface area contributed by atoms with Gasteiger partial charge in [-0.05, 0) is 24.7 Å². The van der Waals surface area contributed by atoms with Gasteiger partial charge < -0.3 is 0 Å². The van der Waals surface area contributed by atoms with Crippen molar-refractivity contribution in [2.45, 2.75) is 77.7 Å². The molecule has 0 saturated heterocycles. The highest BCUT2D eigenvalue weighted by Crippen LogP contribution is 2.41. The molecule has 1 fully saturated rings. The molecule has 2 nitrogen and oxygen atoms in total. The van der Waals surface area contributed by atoms with E-state index in [1.54, 1.807) is 0 Å². The van der Waals surface area contributed by atoms with Crippen molar-refractivity contribution in [2.75, 3.05) is 0 Å². The molecule has 1 unspecified atom stereocenters. The molecule has 0 heterocycles. The smallest absolute Gasteiger partial charge is 0.0264 e. The molecule has 15 heavy (non-hydrogen) atoms. The topological polar surface area (TPSA) is 38.0 Å². The third kappa shape index (κ3) is 3.76. The van der Waals surface area contributed by atoms with E-state index < -0.39 is 0 Å². The maximum atomic E-state index is 5.70. The van der Waals surface area contributed by atoms with Crippen molar-refractivity contribution in [3.63, 3.8) is 0 Å². The SMILES string of the molecule is CCCCCCC(NN)C1(C)CCCC1. The average Bonchev–Trinajstić information content (AvgIpc) is 2.66. The highest BCUT2D eigenvalue weighted by Gasteiger charge is 2.35. The molecule has 1 atom stereocenters. The van der Waals surface area contributed by atoms with Crippen molar-refractivity contribution in [2.24, 2.45) is 11.3 Å². The van der Waals surface area contributed by atoms with Crippen LogP contribution in [0, 0.1) is 5.41 Å². The summed E-state index contributed by atoms with van der Waals surface area (Å²) in [4.78, 5) is 0. The van der Waals surface area contributed by atoms with Gasteiger partial charge in [-0.15, -0.1) is 0 Å². The third-order valence-electron chi connectivity index (χ3n) is 4.13. The Labute approximate surface area is 95.0 Å². The number of nitrogens with two attached hydrogens (primary N) is 1. The van der Waals surface area contributed by atoms with E-state index in [9.17, 15) is 0 Å². The first kappa shape index (κ1) is 13.0.